The Morgan fingerprint density at radius 1 is 1.22 bits per heavy atom. The van der Waals surface area contributed by atoms with Crippen molar-refractivity contribution in [1.29, 1.82) is 0 Å². The third-order valence-electron chi connectivity index (χ3n) is 7.06. The number of anilines is 1. The van der Waals surface area contributed by atoms with Crippen molar-refractivity contribution in [3.8, 4) is 11.4 Å². The first kappa shape index (κ1) is 20.7. The molecule has 4 heterocycles. The number of rotatable bonds is 4. The maximum absolute atomic E-state index is 11.0. The van der Waals surface area contributed by atoms with Crippen LogP contribution in [0.2, 0.25) is 0 Å². The number of nitrogens with one attached hydrogen (secondary N) is 1. The molecule has 1 aliphatic heterocycles. The van der Waals surface area contributed by atoms with E-state index in [0.29, 0.717) is 0 Å². The highest BCUT2D eigenvalue weighted by Crippen LogP contribution is 2.43. The smallest absolute Gasteiger partial charge is 0.303 e. The van der Waals surface area contributed by atoms with Crippen LogP contribution in [0.1, 0.15) is 43.4 Å². The van der Waals surface area contributed by atoms with E-state index in [4.69, 9.17) is 10.1 Å². The molecular weight excluding hydrogens is 402 g/mol. The zero-order valence-electron chi connectivity index (χ0n) is 18.6. The predicted octanol–water partition coefficient (Wildman–Crippen LogP) is 4.66. The van der Waals surface area contributed by atoms with Gasteiger partial charge in [0.2, 0.25) is 0 Å². The zero-order valence-corrected chi connectivity index (χ0v) is 18.6. The Bertz CT molecular complexity index is 1170. The average molecular weight is 432 g/mol. The number of carbonyl (C=O) groups is 1. The monoisotopic (exact) mass is 431 g/mol. The third-order valence-corrected chi connectivity index (χ3v) is 7.06. The van der Waals surface area contributed by atoms with Crippen LogP contribution in [-0.4, -0.2) is 44.1 Å². The first-order chi connectivity index (χ1) is 15.4. The van der Waals surface area contributed by atoms with Gasteiger partial charge in [0.25, 0.3) is 0 Å². The minimum Gasteiger partial charge on any atom is -0.481 e. The topological polar surface area (TPSA) is 95.0 Å². The molecule has 0 radical (unpaired) electrons. The van der Waals surface area contributed by atoms with Crippen LogP contribution in [0.5, 0.6) is 0 Å². The first-order valence-electron chi connectivity index (χ1n) is 11.4. The van der Waals surface area contributed by atoms with Crippen molar-refractivity contribution in [2.75, 3.05) is 18.0 Å². The molecule has 0 bridgehead atoms. The molecule has 32 heavy (non-hydrogen) atoms. The number of hydrogen-bond acceptors (Lipinski definition) is 5. The molecule has 5 rings (SSSR count). The number of aliphatic carboxylic acids is 1. The van der Waals surface area contributed by atoms with Gasteiger partial charge in [-0.2, -0.15) is 0 Å². The molecule has 0 aromatic carbocycles. The number of piperidine rings is 1. The van der Waals surface area contributed by atoms with Gasteiger partial charge in [0.1, 0.15) is 11.6 Å². The molecule has 2 N–H and O–H groups in total. The highest BCUT2D eigenvalue weighted by molar-refractivity contribution is 5.79. The molecule has 3 aromatic heterocycles. The zero-order chi connectivity index (χ0) is 22.3. The van der Waals surface area contributed by atoms with Crippen LogP contribution in [0.15, 0.2) is 36.5 Å². The number of carboxylic acid groups (broad SMARTS) is 1. The Balaban J connectivity index is 1.26. The van der Waals surface area contributed by atoms with E-state index in [1.807, 2.05) is 13.1 Å². The summed E-state index contributed by atoms with van der Waals surface area (Å²) in [6, 6.07) is 6.21. The quantitative estimate of drug-likeness (QED) is 0.583. The second kappa shape index (κ2) is 8.04. The van der Waals surface area contributed by atoms with Crippen LogP contribution >= 0.6 is 0 Å². The fourth-order valence-electron chi connectivity index (χ4n) is 5.14. The molecule has 1 spiro atoms. The number of aromatic nitrogens is 4. The molecule has 0 amide bonds. The number of H-pyrrole nitrogens is 1. The summed E-state index contributed by atoms with van der Waals surface area (Å²) in [5.74, 6) is 1.27. The van der Waals surface area contributed by atoms with Gasteiger partial charge >= 0.3 is 5.97 Å². The lowest BCUT2D eigenvalue weighted by molar-refractivity contribution is -0.137. The van der Waals surface area contributed by atoms with E-state index in [2.05, 4.69) is 57.1 Å². The molecular formula is C25H29N5O2. The van der Waals surface area contributed by atoms with Crippen molar-refractivity contribution in [2.45, 2.75) is 46.0 Å². The summed E-state index contributed by atoms with van der Waals surface area (Å²) in [6.45, 7) is 5.98. The second-order valence-electron chi connectivity index (χ2n) is 9.37. The Morgan fingerprint density at radius 3 is 2.69 bits per heavy atom. The summed E-state index contributed by atoms with van der Waals surface area (Å²) < 4.78 is 0. The van der Waals surface area contributed by atoms with Gasteiger partial charge in [-0.1, -0.05) is 12.2 Å². The molecule has 2 aliphatic rings. The van der Waals surface area contributed by atoms with Crippen LogP contribution in [0, 0.1) is 25.2 Å². The summed E-state index contributed by atoms with van der Waals surface area (Å²) >= 11 is 0. The Kier molecular flexibility index (Phi) is 5.19. The van der Waals surface area contributed by atoms with Crippen molar-refractivity contribution in [2.24, 2.45) is 11.3 Å². The largest absolute Gasteiger partial charge is 0.481 e. The van der Waals surface area contributed by atoms with Crippen LogP contribution < -0.4 is 4.90 Å². The van der Waals surface area contributed by atoms with Crippen LogP contribution in [0.25, 0.3) is 22.6 Å². The molecule has 3 aromatic rings. The number of hydrogen-bond donors (Lipinski definition) is 2. The highest BCUT2D eigenvalue weighted by Gasteiger charge is 2.35. The molecule has 7 nitrogen and oxygen atoms in total. The SMILES string of the molecule is Cc1cc(C)c2[nH]c(-c3ccc(N4CCC5(C=CC(CC(=O)O)CC5)CC4)nc3)nc2n1. The van der Waals surface area contributed by atoms with Gasteiger partial charge in [0.15, 0.2) is 5.65 Å². The van der Waals surface area contributed by atoms with Crippen LogP contribution in [-0.2, 0) is 4.79 Å². The molecule has 0 saturated carbocycles. The Morgan fingerprint density at radius 2 is 2.03 bits per heavy atom. The molecule has 1 aliphatic carbocycles. The van der Waals surface area contributed by atoms with Gasteiger partial charge in [-0.05, 0) is 74.6 Å². The van der Waals surface area contributed by atoms with E-state index in [1.165, 1.54) is 0 Å². The maximum atomic E-state index is 11.0. The molecule has 1 atom stereocenters. The number of aryl methyl sites for hydroxylation is 2. The van der Waals surface area contributed by atoms with E-state index in [1.54, 1.807) is 0 Å². The number of carboxylic acids is 1. The van der Waals surface area contributed by atoms with Crippen molar-refractivity contribution in [3.63, 3.8) is 0 Å². The average Bonchev–Trinajstić information content (AvgIpc) is 3.20. The second-order valence-corrected chi connectivity index (χ2v) is 9.37. The minimum absolute atomic E-state index is 0.187. The summed E-state index contributed by atoms with van der Waals surface area (Å²) in [5, 5.41) is 9.02. The van der Waals surface area contributed by atoms with Crippen LogP contribution in [0.3, 0.4) is 0 Å². The molecule has 7 heteroatoms. The van der Waals surface area contributed by atoms with Crippen molar-refractivity contribution in [3.05, 3.63) is 47.8 Å². The first-order valence-corrected chi connectivity index (χ1v) is 11.4. The fraction of sp³-hybridized carbons (Fsp3) is 0.440. The van der Waals surface area contributed by atoms with Gasteiger partial charge in [0.05, 0.1) is 11.9 Å². The number of pyridine rings is 2. The van der Waals surface area contributed by atoms with E-state index in [-0.39, 0.29) is 17.8 Å². The number of fused-ring (bicyclic) bond motifs is 1. The Labute approximate surface area is 187 Å². The van der Waals surface area contributed by atoms with Gasteiger partial charge < -0.3 is 15.0 Å². The van der Waals surface area contributed by atoms with Crippen molar-refractivity contribution < 1.29 is 9.90 Å². The minimum atomic E-state index is -0.705. The van der Waals surface area contributed by atoms with Gasteiger partial charge in [-0.3, -0.25) is 4.79 Å². The maximum Gasteiger partial charge on any atom is 0.303 e. The molecule has 166 valence electrons. The Hall–Kier alpha value is -3.22. The lowest BCUT2D eigenvalue weighted by atomic mass is 9.69. The number of nitrogens with zero attached hydrogens (tertiary/aromatic N) is 4. The fourth-order valence-corrected chi connectivity index (χ4v) is 5.14. The number of aromatic amines is 1. The van der Waals surface area contributed by atoms with E-state index in [0.717, 1.165) is 78.4 Å². The third kappa shape index (κ3) is 3.99. The summed E-state index contributed by atoms with van der Waals surface area (Å²) in [5.41, 5.74) is 5.01. The van der Waals surface area contributed by atoms with E-state index in [9.17, 15) is 4.79 Å². The van der Waals surface area contributed by atoms with Crippen molar-refractivity contribution in [1.82, 2.24) is 19.9 Å². The standard InChI is InChI=1S/C25H29N5O2/c1-16-13-17(2)27-24-22(16)28-23(29-24)19-3-4-20(26-15-19)30-11-9-25(10-12-30)7-5-18(6-8-25)14-21(31)32/h3-5,7,13,15,18H,6,8-12,14H2,1-2H3,(H,31,32)(H,27,28,29). The molecule has 1 fully saturated rings. The van der Waals surface area contributed by atoms with E-state index >= 15 is 0 Å². The normalized spacial score (nSPS) is 20.2. The summed E-state index contributed by atoms with van der Waals surface area (Å²) in [4.78, 5) is 30.6. The summed E-state index contributed by atoms with van der Waals surface area (Å²) in [7, 11) is 0. The molecule has 1 saturated heterocycles. The van der Waals surface area contributed by atoms with Gasteiger partial charge in [-0.15, -0.1) is 0 Å². The lowest BCUT2D eigenvalue weighted by Gasteiger charge is -2.43. The van der Waals surface area contributed by atoms with Crippen LogP contribution in [0.4, 0.5) is 5.82 Å². The van der Waals surface area contributed by atoms with Crippen molar-refractivity contribution >= 4 is 23.0 Å². The highest BCUT2D eigenvalue weighted by atomic mass is 16.4. The summed E-state index contributed by atoms with van der Waals surface area (Å²) in [6.07, 6.45) is 10.8. The number of allylic oxidation sites excluding steroid dienone is 2. The van der Waals surface area contributed by atoms with E-state index < -0.39 is 5.97 Å². The number of imidazole rings is 1. The lowest BCUT2D eigenvalue weighted by Crippen LogP contribution is -2.40. The molecule has 1 unspecified atom stereocenters. The van der Waals surface area contributed by atoms with Gasteiger partial charge in [0, 0.05) is 30.5 Å². The predicted molar refractivity (Wildman–Crippen MR) is 125 cm³/mol. The van der Waals surface area contributed by atoms with Gasteiger partial charge in [-0.25, -0.2) is 15.0 Å².